The summed E-state index contributed by atoms with van der Waals surface area (Å²) in [6.07, 6.45) is 2.60. The van der Waals surface area contributed by atoms with Crippen LogP contribution in [0.2, 0.25) is 0 Å². The van der Waals surface area contributed by atoms with E-state index in [-0.39, 0.29) is 12.0 Å². The normalized spacial score (nSPS) is 21.8. The van der Waals surface area contributed by atoms with Crippen molar-refractivity contribution in [2.75, 3.05) is 5.32 Å². The fourth-order valence-electron chi connectivity index (χ4n) is 2.16. The summed E-state index contributed by atoms with van der Waals surface area (Å²) < 4.78 is 5.63. The van der Waals surface area contributed by atoms with E-state index < -0.39 is 0 Å². The molecule has 19 heavy (non-hydrogen) atoms. The number of anilines is 1. The smallest absolute Gasteiger partial charge is 0.221 e. The SMILES string of the molecule is CC(=O)Nc1ccc([C@@H]2C[C@H](C)C=C(C#N)O2)cc1. The second-order valence-electron chi connectivity index (χ2n) is 4.77. The van der Waals surface area contributed by atoms with Crippen molar-refractivity contribution in [3.05, 3.63) is 41.7 Å². The Balaban J connectivity index is 2.13. The number of amides is 1. The molecular weight excluding hydrogens is 240 g/mol. The highest BCUT2D eigenvalue weighted by Crippen LogP contribution is 2.33. The third kappa shape index (κ3) is 3.35. The van der Waals surface area contributed by atoms with Gasteiger partial charge in [0.25, 0.3) is 0 Å². The van der Waals surface area contributed by atoms with Crippen molar-refractivity contribution in [2.24, 2.45) is 5.92 Å². The lowest BCUT2D eigenvalue weighted by molar-refractivity contribution is -0.114. The van der Waals surface area contributed by atoms with Crippen molar-refractivity contribution in [1.82, 2.24) is 0 Å². The van der Waals surface area contributed by atoms with E-state index in [2.05, 4.69) is 18.3 Å². The fourth-order valence-corrected chi connectivity index (χ4v) is 2.16. The number of rotatable bonds is 2. The molecule has 4 nitrogen and oxygen atoms in total. The maximum atomic E-state index is 10.9. The summed E-state index contributed by atoms with van der Waals surface area (Å²) in [6, 6.07) is 9.58. The molecule has 0 aliphatic carbocycles. The van der Waals surface area contributed by atoms with Crippen LogP contribution in [-0.4, -0.2) is 5.91 Å². The summed E-state index contributed by atoms with van der Waals surface area (Å²) in [5.74, 6) is 0.614. The molecule has 1 aromatic rings. The quantitative estimate of drug-likeness (QED) is 0.884. The summed E-state index contributed by atoms with van der Waals surface area (Å²) in [5, 5.41) is 11.6. The Hall–Kier alpha value is -2.28. The zero-order valence-corrected chi connectivity index (χ0v) is 11.0. The van der Waals surface area contributed by atoms with Crippen molar-refractivity contribution in [3.8, 4) is 6.07 Å². The maximum Gasteiger partial charge on any atom is 0.221 e. The van der Waals surface area contributed by atoms with Crippen LogP contribution in [0.5, 0.6) is 0 Å². The van der Waals surface area contributed by atoms with Gasteiger partial charge in [0.2, 0.25) is 5.91 Å². The lowest BCUT2D eigenvalue weighted by Gasteiger charge is -2.25. The van der Waals surface area contributed by atoms with E-state index in [4.69, 9.17) is 10.00 Å². The summed E-state index contributed by atoms with van der Waals surface area (Å²) in [7, 11) is 0. The molecular formula is C15H16N2O2. The molecule has 0 fully saturated rings. The summed E-state index contributed by atoms with van der Waals surface area (Å²) in [4.78, 5) is 10.9. The average Bonchev–Trinajstić information content (AvgIpc) is 2.38. The second kappa shape index (κ2) is 5.57. The zero-order valence-electron chi connectivity index (χ0n) is 11.0. The molecule has 0 radical (unpaired) electrons. The van der Waals surface area contributed by atoms with Gasteiger partial charge in [0.15, 0.2) is 5.76 Å². The van der Waals surface area contributed by atoms with Crippen LogP contribution in [0, 0.1) is 17.2 Å². The monoisotopic (exact) mass is 256 g/mol. The molecule has 4 heteroatoms. The zero-order chi connectivity index (χ0) is 13.8. The summed E-state index contributed by atoms with van der Waals surface area (Å²) in [5.41, 5.74) is 1.78. The molecule has 2 atom stereocenters. The van der Waals surface area contributed by atoms with Crippen LogP contribution >= 0.6 is 0 Å². The molecule has 1 aromatic carbocycles. The highest BCUT2D eigenvalue weighted by molar-refractivity contribution is 5.88. The Labute approximate surface area is 112 Å². The van der Waals surface area contributed by atoms with Crippen molar-refractivity contribution in [3.63, 3.8) is 0 Å². The van der Waals surface area contributed by atoms with E-state index in [0.29, 0.717) is 11.7 Å². The van der Waals surface area contributed by atoms with Crippen LogP contribution in [0.25, 0.3) is 0 Å². The van der Waals surface area contributed by atoms with Gasteiger partial charge < -0.3 is 10.1 Å². The van der Waals surface area contributed by atoms with Gasteiger partial charge in [-0.2, -0.15) is 5.26 Å². The summed E-state index contributed by atoms with van der Waals surface area (Å²) in [6.45, 7) is 3.54. The van der Waals surface area contributed by atoms with E-state index >= 15 is 0 Å². The summed E-state index contributed by atoms with van der Waals surface area (Å²) >= 11 is 0. The number of benzene rings is 1. The van der Waals surface area contributed by atoms with Gasteiger partial charge in [0.05, 0.1) is 0 Å². The highest BCUT2D eigenvalue weighted by Gasteiger charge is 2.22. The van der Waals surface area contributed by atoms with Crippen LogP contribution in [0.15, 0.2) is 36.1 Å². The van der Waals surface area contributed by atoms with Crippen molar-refractivity contribution in [2.45, 2.75) is 26.4 Å². The van der Waals surface area contributed by atoms with Gasteiger partial charge in [-0.3, -0.25) is 4.79 Å². The molecule has 2 rings (SSSR count). The number of nitrogens with one attached hydrogen (secondary N) is 1. The Morgan fingerprint density at radius 3 is 2.68 bits per heavy atom. The fraction of sp³-hybridized carbons (Fsp3) is 0.333. The first-order valence-electron chi connectivity index (χ1n) is 6.24. The molecule has 0 bridgehead atoms. The Kier molecular flexibility index (Phi) is 3.86. The third-order valence-electron chi connectivity index (χ3n) is 3.00. The van der Waals surface area contributed by atoms with Gasteiger partial charge in [-0.05, 0) is 36.1 Å². The Morgan fingerprint density at radius 2 is 2.11 bits per heavy atom. The predicted octanol–water partition coefficient (Wildman–Crippen LogP) is 3.15. The standard InChI is InChI=1S/C15H16N2O2/c1-10-7-14(9-16)19-15(8-10)12-3-5-13(6-4-12)17-11(2)18/h3-7,10,15H,8H2,1-2H3,(H,17,18)/t10-,15+/m1/s1. The number of nitriles is 1. The Morgan fingerprint density at radius 1 is 1.42 bits per heavy atom. The molecule has 1 amide bonds. The number of hydrogen-bond donors (Lipinski definition) is 1. The minimum absolute atomic E-state index is 0.0926. The van der Waals surface area contributed by atoms with Crippen molar-refractivity contribution < 1.29 is 9.53 Å². The first-order valence-corrected chi connectivity index (χ1v) is 6.24. The first kappa shape index (κ1) is 13.2. The number of carbonyl (C=O) groups is 1. The molecule has 0 saturated heterocycles. The van der Waals surface area contributed by atoms with E-state index in [1.54, 1.807) is 0 Å². The number of hydrogen-bond acceptors (Lipinski definition) is 3. The molecule has 0 spiro atoms. The van der Waals surface area contributed by atoms with Gasteiger partial charge >= 0.3 is 0 Å². The van der Waals surface area contributed by atoms with E-state index in [1.165, 1.54) is 6.92 Å². The maximum absolute atomic E-state index is 10.9. The molecule has 1 aliphatic heterocycles. The molecule has 1 N–H and O–H groups in total. The Bertz CT molecular complexity index is 540. The van der Waals surface area contributed by atoms with Gasteiger partial charge in [0, 0.05) is 12.6 Å². The number of ether oxygens (including phenoxy) is 1. The lowest BCUT2D eigenvalue weighted by atomic mass is 9.95. The van der Waals surface area contributed by atoms with Gasteiger partial charge in [-0.15, -0.1) is 0 Å². The number of allylic oxidation sites excluding steroid dienone is 2. The minimum Gasteiger partial charge on any atom is -0.476 e. The van der Waals surface area contributed by atoms with E-state index in [9.17, 15) is 4.79 Å². The number of carbonyl (C=O) groups excluding carboxylic acids is 1. The van der Waals surface area contributed by atoms with Gasteiger partial charge in [0.1, 0.15) is 12.2 Å². The molecule has 0 unspecified atom stereocenters. The largest absolute Gasteiger partial charge is 0.476 e. The molecule has 1 heterocycles. The van der Waals surface area contributed by atoms with Crippen LogP contribution in [0.3, 0.4) is 0 Å². The van der Waals surface area contributed by atoms with Crippen LogP contribution < -0.4 is 5.32 Å². The molecule has 0 saturated carbocycles. The number of nitrogens with zero attached hydrogens (tertiary/aromatic N) is 1. The van der Waals surface area contributed by atoms with Crippen molar-refractivity contribution >= 4 is 11.6 Å². The topological polar surface area (TPSA) is 62.1 Å². The predicted molar refractivity (Wildman–Crippen MR) is 72.0 cm³/mol. The first-order chi connectivity index (χ1) is 9.08. The average molecular weight is 256 g/mol. The third-order valence-corrected chi connectivity index (χ3v) is 3.00. The second-order valence-corrected chi connectivity index (χ2v) is 4.77. The van der Waals surface area contributed by atoms with Gasteiger partial charge in [-0.25, -0.2) is 0 Å². The lowest BCUT2D eigenvalue weighted by Crippen LogP contribution is -2.13. The van der Waals surface area contributed by atoms with E-state index in [0.717, 1.165) is 17.7 Å². The molecule has 1 aliphatic rings. The van der Waals surface area contributed by atoms with Crippen molar-refractivity contribution in [1.29, 1.82) is 5.26 Å². The van der Waals surface area contributed by atoms with Crippen LogP contribution in [0.4, 0.5) is 5.69 Å². The highest BCUT2D eigenvalue weighted by atomic mass is 16.5. The molecule has 0 aromatic heterocycles. The molecule has 98 valence electrons. The van der Waals surface area contributed by atoms with Crippen LogP contribution in [0.1, 0.15) is 31.9 Å². The van der Waals surface area contributed by atoms with Gasteiger partial charge in [-0.1, -0.05) is 19.1 Å². The van der Waals surface area contributed by atoms with E-state index in [1.807, 2.05) is 30.3 Å². The minimum atomic E-state index is -0.0963. The van der Waals surface area contributed by atoms with Crippen LogP contribution in [-0.2, 0) is 9.53 Å².